The first-order chi connectivity index (χ1) is 8.38. The van der Waals surface area contributed by atoms with Crippen molar-refractivity contribution in [3.05, 3.63) is 35.4 Å². The number of nitrogens with one attached hydrogen (secondary N) is 1. The van der Waals surface area contributed by atoms with Crippen LogP contribution in [0.25, 0.3) is 0 Å². The lowest BCUT2D eigenvalue weighted by Gasteiger charge is -2.23. The van der Waals surface area contributed by atoms with Crippen LogP contribution in [0.2, 0.25) is 0 Å². The second-order valence-electron chi connectivity index (χ2n) is 6.29. The predicted octanol–water partition coefficient (Wildman–Crippen LogP) is 3.23. The fourth-order valence-corrected chi connectivity index (χ4v) is 2.13. The first-order valence-corrected chi connectivity index (χ1v) is 6.86. The molecular formula is C16H28N2. The molecule has 0 aliphatic heterocycles. The Morgan fingerprint density at radius 1 is 1.17 bits per heavy atom. The lowest BCUT2D eigenvalue weighted by Crippen LogP contribution is -2.22. The normalized spacial score (nSPS) is 15.4. The van der Waals surface area contributed by atoms with Gasteiger partial charge in [-0.1, -0.05) is 52.0 Å². The zero-order valence-electron chi connectivity index (χ0n) is 12.5. The molecule has 0 spiro atoms. The standard InChI is InChI=1S/C16H28N2/c1-12(11-17)10-15(18-5)13-6-8-14(9-7-13)16(2,3)4/h6-9,12,15,18H,10-11,17H2,1-5H3. The molecule has 0 radical (unpaired) electrons. The van der Waals surface area contributed by atoms with E-state index in [4.69, 9.17) is 5.73 Å². The highest BCUT2D eigenvalue weighted by Crippen LogP contribution is 2.26. The molecule has 2 nitrogen and oxygen atoms in total. The van der Waals surface area contributed by atoms with Gasteiger partial charge in [0.15, 0.2) is 0 Å². The number of hydrogen-bond donors (Lipinski definition) is 2. The fraction of sp³-hybridized carbons (Fsp3) is 0.625. The Labute approximate surface area is 112 Å². The highest BCUT2D eigenvalue weighted by molar-refractivity contribution is 5.29. The van der Waals surface area contributed by atoms with Crippen molar-refractivity contribution in [2.24, 2.45) is 11.7 Å². The van der Waals surface area contributed by atoms with Gasteiger partial charge in [-0.15, -0.1) is 0 Å². The summed E-state index contributed by atoms with van der Waals surface area (Å²) in [6.07, 6.45) is 1.09. The molecule has 1 aromatic carbocycles. The van der Waals surface area contributed by atoms with Gasteiger partial charge in [0, 0.05) is 6.04 Å². The van der Waals surface area contributed by atoms with E-state index in [-0.39, 0.29) is 5.41 Å². The van der Waals surface area contributed by atoms with Crippen molar-refractivity contribution in [3.63, 3.8) is 0 Å². The van der Waals surface area contributed by atoms with E-state index < -0.39 is 0 Å². The van der Waals surface area contributed by atoms with E-state index in [1.165, 1.54) is 11.1 Å². The summed E-state index contributed by atoms with van der Waals surface area (Å²) in [5, 5.41) is 3.39. The Balaban J connectivity index is 2.82. The van der Waals surface area contributed by atoms with Crippen molar-refractivity contribution in [1.82, 2.24) is 5.32 Å². The van der Waals surface area contributed by atoms with Crippen LogP contribution < -0.4 is 11.1 Å². The van der Waals surface area contributed by atoms with Gasteiger partial charge >= 0.3 is 0 Å². The maximum Gasteiger partial charge on any atom is 0.0320 e. The van der Waals surface area contributed by atoms with E-state index in [1.54, 1.807) is 0 Å². The highest BCUT2D eigenvalue weighted by atomic mass is 14.9. The first kappa shape index (κ1) is 15.2. The Hall–Kier alpha value is -0.860. The van der Waals surface area contributed by atoms with E-state index >= 15 is 0 Å². The second kappa shape index (κ2) is 6.35. The molecule has 0 bridgehead atoms. The van der Waals surface area contributed by atoms with Gasteiger partial charge in [-0.2, -0.15) is 0 Å². The second-order valence-corrected chi connectivity index (χ2v) is 6.29. The van der Waals surface area contributed by atoms with Gasteiger partial charge in [0.2, 0.25) is 0 Å². The molecule has 3 N–H and O–H groups in total. The third-order valence-corrected chi connectivity index (χ3v) is 3.57. The van der Waals surface area contributed by atoms with Crippen molar-refractivity contribution in [2.45, 2.75) is 45.6 Å². The van der Waals surface area contributed by atoms with Crippen LogP contribution in [-0.2, 0) is 5.41 Å². The Morgan fingerprint density at radius 2 is 1.72 bits per heavy atom. The van der Waals surface area contributed by atoms with Crippen LogP contribution in [0.15, 0.2) is 24.3 Å². The molecule has 0 aliphatic carbocycles. The predicted molar refractivity (Wildman–Crippen MR) is 79.8 cm³/mol. The van der Waals surface area contributed by atoms with Crippen LogP contribution >= 0.6 is 0 Å². The molecule has 0 saturated heterocycles. The van der Waals surface area contributed by atoms with Crippen molar-refractivity contribution in [1.29, 1.82) is 0 Å². The van der Waals surface area contributed by atoms with E-state index in [2.05, 4.69) is 57.3 Å². The van der Waals surface area contributed by atoms with Gasteiger partial charge in [0.25, 0.3) is 0 Å². The lowest BCUT2D eigenvalue weighted by molar-refractivity contribution is 0.437. The van der Waals surface area contributed by atoms with Gasteiger partial charge in [-0.05, 0) is 42.5 Å². The fourth-order valence-electron chi connectivity index (χ4n) is 2.13. The third kappa shape index (κ3) is 4.11. The Bertz CT molecular complexity index is 348. The lowest BCUT2D eigenvalue weighted by atomic mass is 9.85. The summed E-state index contributed by atoms with van der Waals surface area (Å²) in [5.74, 6) is 0.546. The molecule has 2 atom stereocenters. The molecule has 1 aromatic rings. The summed E-state index contributed by atoms with van der Waals surface area (Å²) in [5.41, 5.74) is 8.66. The highest BCUT2D eigenvalue weighted by Gasteiger charge is 2.16. The number of hydrogen-bond acceptors (Lipinski definition) is 2. The Kier molecular flexibility index (Phi) is 5.36. The van der Waals surface area contributed by atoms with E-state index in [9.17, 15) is 0 Å². The van der Waals surface area contributed by atoms with Gasteiger partial charge in [0.1, 0.15) is 0 Å². The van der Waals surface area contributed by atoms with Crippen LogP contribution in [-0.4, -0.2) is 13.6 Å². The number of nitrogens with two attached hydrogens (primary N) is 1. The molecule has 18 heavy (non-hydrogen) atoms. The molecule has 2 heteroatoms. The van der Waals surface area contributed by atoms with Crippen LogP contribution in [0.1, 0.15) is 51.3 Å². The maximum atomic E-state index is 5.71. The monoisotopic (exact) mass is 248 g/mol. The molecule has 0 heterocycles. The molecule has 0 saturated carbocycles. The topological polar surface area (TPSA) is 38.0 Å². The minimum atomic E-state index is 0.220. The van der Waals surface area contributed by atoms with Crippen molar-refractivity contribution in [3.8, 4) is 0 Å². The summed E-state index contributed by atoms with van der Waals surface area (Å²) in [7, 11) is 2.02. The summed E-state index contributed by atoms with van der Waals surface area (Å²) < 4.78 is 0. The average molecular weight is 248 g/mol. The smallest absolute Gasteiger partial charge is 0.0320 e. The Morgan fingerprint density at radius 3 is 2.11 bits per heavy atom. The van der Waals surface area contributed by atoms with Crippen LogP contribution in [0.3, 0.4) is 0 Å². The SMILES string of the molecule is CNC(CC(C)CN)c1ccc(C(C)(C)C)cc1. The number of rotatable bonds is 5. The minimum Gasteiger partial charge on any atom is -0.330 e. The summed E-state index contributed by atoms with van der Waals surface area (Å²) in [6, 6.07) is 9.37. The van der Waals surface area contributed by atoms with E-state index in [1.807, 2.05) is 7.05 Å². The van der Waals surface area contributed by atoms with Crippen LogP contribution in [0, 0.1) is 5.92 Å². The van der Waals surface area contributed by atoms with E-state index in [0.717, 1.165) is 13.0 Å². The molecule has 0 amide bonds. The van der Waals surface area contributed by atoms with Crippen molar-refractivity contribution >= 4 is 0 Å². The minimum absolute atomic E-state index is 0.220. The van der Waals surface area contributed by atoms with E-state index in [0.29, 0.717) is 12.0 Å². The quantitative estimate of drug-likeness (QED) is 0.839. The van der Waals surface area contributed by atoms with Gasteiger partial charge < -0.3 is 11.1 Å². The van der Waals surface area contributed by atoms with Crippen LogP contribution in [0.4, 0.5) is 0 Å². The molecule has 102 valence electrons. The molecule has 0 fully saturated rings. The first-order valence-electron chi connectivity index (χ1n) is 6.86. The zero-order chi connectivity index (χ0) is 13.8. The molecule has 2 unspecified atom stereocenters. The van der Waals surface area contributed by atoms with Gasteiger partial charge in [0.05, 0.1) is 0 Å². The summed E-state index contributed by atoms with van der Waals surface area (Å²) in [6.45, 7) is 9.68. The van der Waals surface area contributed by atoms with Gasteiger partial charge in [-0.25, -0.2) is 0 Å². The zero-order valence-corrected chi connectivity index (χ0v) is 12.5. The van der Waals surface area contributed by atoms with Gasteiger partial charge in [-0.3, -0.25) is 0 Å². The largest absolute Gasteiger partial charge is 0.330 e. The average Bonchev–Trinajstić information content (AvgIpc) is 2.34. The number of benzene rings is 1. The summed E-state index contributed by atoms with van der Waals surface area (Å²) in [4.78, 5) is 0. The molecule has 1 rings (SSSR count). The molecule has 0 aromatic heterocycles. The third-order valence-electron chi connectivity index (χ3n) is 3.57. The summed E-state index contributed by atoms with van der Waals surface area (Å²) >= 11 is 0. The van der Waals surface area contributed by atoms with Crippen LogP contribution in [0.5, 0.6) is 0 Å². The maximum absolute atomic E-state index is 5.71. The molecule has 0 aliphatic rings. The van der Waals surface area contributed by atoms with Crippen molar-refractivity contribution in [2.75, 3.05) is 13.6 Å². The van der Waals surface area contributed by atoms with Crippen molar-refractivity contribution < 1.29 is 0 Å². The molecular weight excluding hydrogens is 220 g/mol.